The van der Waals surface area contributed by atoms with E-state index in [1.165, 1.54) is 57.8 Å². The monoisotopic (exact) mass is 815 g/mol. The summed E-state index contributed by atoms with van der Waals surface area (Å²) >= 11 is 0. The lowest BCUT2D eigenvalue weighted by atomic mass is 10.0. The summed E-state index contributed by atoms with van der Waals surface area (Å²) in [5.74, 6) is -0.650. The molecule has 59 heavy (non-hydrogen) atoms. The fraction of sp³-hybridized carbons (Fsp3) is 0.593. The second kappa shape index (κ2) is 48.7. The van der Waals surface area contributed by atoms with Crippen molar-refractivity contribution in [1.82, 2.24) is 0 Å². The molecule has 1 unspecified atom stereocenters. The van der Waals surface area contributed by atoms with Crippen LogP contribution in [0.3, 0.4) is 0 Å². The highest BCUT2D eigenvalue weighted by Gasteiger charge is 2.16. The van der Waals surface area contributed by atoms with Gasteiger partial charge in [-0.1, -0.05) is 206 Å². The minimum Gasteiger partial charge on any atom is -0.462 e. The van der Waals surface area contributed by atoms with Crippen molar-refractivity contribution in [2.75, 3.05) is 13.2 Å². The van der Waals surface area contributed by atoms with Crippen LogP contribution in [0.1, 0.15) is 187 Å². The zero-order chi connectivity index (χ0) is 42.8. The zero-order valence-corrected chi connectivity index (χ0v) is 37.7. The Morgan fingerprint density at radius 3 is 1.10 bits per heavy atom. The lowest BCUT2D eigenvalue weighted by Gasteiger charge is -2.15. The van der Waals surface area contributed by atoms with Crippen LogP contribution in [0.2, 0.25) is 0 Å². The molecule has 1 N–H and O–H groups in total. The van der Waals surface area contributed by atoms with Gasteiger partial charge in [0.05, 0.1) is 6.61 Å². The van der Waals surface area contributed by atoms with Crippen molar-refractivity contribution in [2.24, 2.45) is 0 Å². The number of aliphatic hydroxyl groups excluding tert-OH is 1. The smallest absolute Gasteiger partial charge is 0.306 e. The van der Waals surface area contributed by atoms with Gasteiger partial charge in [0.15, 0.2) is 6.10 Å². The molecule has 332 valence electrons. The van der Waals surface area contributed by atoms with Gasteiger partial charge in [0.1, 0.15) is 6.61 Å². The maximum atomic E-state index is 12.2. The summed E-state index contributed by atoms with van der Waals surface area (Å²) in [5.41, 5.74) is 0. The van der Waals surface area contributed by atoms with Gasteiger partial charge < -0.3 is 14.6 Å². The first-order valence-corrected chi connectivity index (χ1v) is 23.6. The predicted molar refractivity (Wildman–Crippen MR) is 255 cm³/mol. The molecule has 0 radical (unpaired) electrons. The number of rotatable bonds is 41. The Morgan fingerprint density at radius 1 is 0.407 bits per heavy atom. The number of allylic oxidation sites excluding steroid dienone is 20. The third-order valence-electron chi connectivity index (χ3n) is 9.52. The Kier molecular flexibility index (Phi) is 45.6. The van der Waals surface area contributed by atoms with Crippen molar-refractivity contribution in [1.29, 1.82) is 0 Å². The Balaban J connectivity index is 3.71. The largest absolute Gasteiger partial charge is 0.462 e. The fourth-order valence-corrected chi connectivity index (χ4v) is 5.99. The maximum absolute atomic E-state index is 12.2. The number of hydrogen-bond acceptors (Lipinski definition) is 5. The Hall–Kier alpha value is -3.70. The van der Waals surface area contributed by atoms with Crippen LogP contribution in [-0.2, 0) is 19.1 Å². The van der Waals surface area contributed by atoms with Crippen LogP contribution in [0, 0.1) is 0 Å². The van der Waals surface area contributed by atoms with Crippen molar-refractivity contribution in [2.45, 2.75) is 193 Å². The van der Waals surface area contributed by atoms with Crippen LogP contribution in [0.4, 0.5) is 0 Å². The number of unbranched alkanes of at least 4 members (excludes halogenated alkanes) is 13. The van der Waals surface area contributed by atoms with Gasteiger partial charge in [-0.25, -0.2) is 0 Å². The van der Waals surface area contributed by atoms with Crippen molar-refractivity contribution in [3.63, 3.8) is 0 Å². The zero-order valence-electron chi connectivity index (χ0n) is 37.7. The van der Waals surface area contributed by atoms with E-state index < -0.39 is 6.10 Å². The van der Waals surface area contributed by atoms with Crippen molar-refractivity contribution in [3.05, 3.63) is 122 Å². The number of esters is 2. The summed E-state index contributed by atoms with van der Waals surface area (Å²) in [6.07, 6.45) is 71.4. The molecular formula is C54H86O5. The number of hydrogen-bond donors (Lipinski definition) is 1. The normalized spacial score (nSPS) is 13.3. The van der Waals surface area contributed by atoms with Crippen LogP contribution in [0.15, 0.2) is 122 Å². The molecule has 0 heterocycles. The van der Waals surface area contributed by atoms with E-state index in [4.69, 9.17) is 9.47 Å². The molecule has 5 nitrogen and oxygen atoms in total. The van der Waals surface area contributed by atoms with Crippen LogP contribution in [0.25, 0.3) is 0 Å². The van der Waals surface area contributed by atoms with Crippen molar-refractivity contribution < 1.29 is 24.2 Å². The molecule has 0 aliphatic rings. The number of ether oxygens (including phenoxy) is 2. The molecule has 0 aliphatic carbocycles. The van der Waals surface area contributed by atoms with Crippen molar-refractivity contribution in [3.8, 4) is 0 Å². The average Bonchev–Trinajstić information content (AvgIpc) is 3.24. The first kappa shape index (κ1) is 55.3. The third kappa shape index (κ3) is 46.9. The molecule has 0 aromatic heterocycles. The predicted octanol–water partition coefficient (Wildman–Crippen LogP) is 15.6. The number of carbonyl (C=O) groups excluding carboxylic acids is 2. The summed E-state index contributed by atoms with van der Waals surface area (Å²) < 4.78 is 10.6. The van der Waals surface area contributed by atoms with E-state index in [9.17, 15) is 14.7 Å². The molecule has 0 rings (SSSR count). The first-order valence-electron chi connectivity index (χ1n) is 23.6. The quantitative estimate of drug-likeness (QED) is 0.0378. The number of carbonyl (C=O) groups is 2. The number of aliphatic hydroxyl groups is 1. The highest BCUT2D eigenvalue weighted by Crippen LogP contribution is 2.13. The lowest BCUT2D eigenvalue weighted by Crippen LogP contribution is -2.28. The summed E-state index contributed by atoms with van der Waals surface area (Å²) in [6.45, 7) is 3.97. The highest BCUT2D eigenvalue weighted by atomic mass is 16.6. The van der Waals surface area contributed by atoms with Gasteiger partial charge in [-0.2, -0.15) is 0 Å². The molecule has 0 bridgehead atoms. The van der Waals surface area contributed by atoms with Gasteiger partial charge in [-0.3, -0.25) is 9.59 Å². The van der Waals surface area contributed by atoms with E-state index in [-0.39, 0.29) is 25.2 Å². The molecule has 1 atom stereocenters. The third-order valence-corrected chi connectivity index (χ3v) is 9.52. The van der Waals surface area contributed by atoms with Gasteiger partial charge in [-0.05, 0) is 89.9 Å². The topological polar surface area (TPSA) is 72.8 Å². The van der Waals surface area contributed by atoms with E-state index in [0.29, 0.717) is 12.8 Å². The molecule has 0 fully saturated rings. The minimum atomic E-state index is -0.801. The highest BCUT2D eigenvalue weighted by molar-refractivity contribution is 5.70. The molecule has 0 saturated heterocycles. The molecular weight excluding hydrogens is 729 g/mol. The fourth-order valence-electron chi connectivity index (χ4n) is 5.99. The second-order valence-corrected chi connectivity index (χ2v) is 15.1. The molecule has 0 aromatic rings. The van der Waals surface area contributed by atoms with Crippen LogP contribution in [0.5, 0.6) is 0 Å². The average molecular weight is 815 g/mol. The van der Waals surface area contributed by atoms with Crippen LogP contribution >= 0.6 is 0 Å². The molecule has 0 saturated carbocycles. The van der Waals surface area contributed by atoms with Crippen molar-refractivity contribution >= 4 is 11.9 Å². The minimum absolute atomic E-state index is 0.0891. The van der Waals surface area contributed by atoms with Gasteiger partial charge in [-0.15, -0.1) is 0 Å². The Labute approximate surface area is 363 Å². The standard InChI is InChI=1S/C54H86O5/c1-3-5-7-9-11-13-15-17-18-19-20-21-22-23-24-25-26-27-28-29-30-31-32-33-34-35-36-37-39-41-43-45-47-49-54(57)59-52(50-55)51-58-53(56)48-46-44-42-40-38-16-14-12-10-8-6-4-2/h5,7,11,13,17-18,20-21,23-24,26-27,29-30,32-33,35-36,39,41,52,55H,3-4,6,8-10,12,14-16,19,22,25,28,31,34,37-38,40,42-51H2,1-2H3/b7-5-,13-11-,18-17-,21-20-,24-23-,27-26-,30-29-,33-32-,36-35-,41-39-. The van der Waals surface area contributed by atoms with Crippen LogP contribution in [-0.4, -0.2) is 36.4 Å². The van der Waals surface area contributed by atoms with E-state index >= 15 is 0 Å². The van der Waals surface area contributed by atoms with Gasteiger partial charge in [0.25, 0.3) is 0 Å². The van der Waals surface area contributed by atoms with Gasteiger partial charge in [0, 0.05) is 12.8 Å². The second-order valence-electron chi connectivity index (χ2n) is 15.1. The summed E-state index contributed by atoms with van der Waals surface area (Å²) in [6, 6.07) is 0. The SMILES string of the molecule is CC/C=C\C/C=C\C/C=C\C/C=C\C/C=C\C/C=C\C/C=C\C/C=C\C/C=C\C/C=C\CCCCC(=O)OC(CO)COC(=O)CCCCCCCCCCCCCC. The van der Waals surface area contributed by atoms with Gasteiger partial charge >= 0.3 is 11.9 Å². The summed E-state index contributed by atoms with van der Waals surface area (Å²) in [7, 11) is 0. The summed E-state index contributed by atoms with van der Waals surface area (Å²) in [4.78, 5) is 24.3. The molecule has 0 aliphatic heterocycles. The molecule has 0 aromatic carbocycles. The van der Waals surface area contributed by atoms with E-state index in [1.54, 1.807) is 0 Å². The molecule has 0 amide bonds. The molecule has 5 heteroatoms. The Morgan fingerprint density at radius 2 is 0.729 bits per heavy atom. The maximum Gasteiger partial charge on any atom is 0.306 e. The Bertz CT molecular complexity index is 1240. The first-order chi connectivity index (χ1) is 29.1. The van der Waals surface area contributed by atoms with Crippen LogP contribution < -0.4 is 0 Å². The van der Waals surface area contributed by atoms with E-state index in [0.717, 1.165) is 103 Å². The van der Waals surface area contributed by atoms with Gasteiger partial charge in [0.2, 0.25) is 0 Å². The van der Waals surface area contributed by atoms with E-state index in [2.05, 4.69) is 135 Å². The lowest BCUT2D eigenvalue weighted by molar-refractivity contribution is -0.161. The molecule has 0 spiro atoms. The van der Waals surface area contributed by atoms with E-state index in [1.807, 2.05) is 0 Å². The summed E-state index contributed by atoms with van der Waals surface area (Å²) in [5, 5.41) is 9.57.